The first kappa shape index (κ1) is 20.1. The molecule has 0 aromatic heterocycles. The highest BCUT2D eigenvalue weighted by Crippen LogP contribution is 2.45. The molecule has 1 aromatic rings. The van der Waals surface area contributed by atoms with Crippen molar-refractivity contribution < 1.29 is 15.0 Å². The minimum Gasteiger partial charge on any atom is -0.400 e. The number of aliphatic hydroxyl groups excluding tert-OH is 2. The zero-order valence-electron chi connectivity index (χ0n) is 13.2. The molecule has 1 saturated carbocycles. The van der Waals surface area contributed by atoms with Crippen LogP contribution >= 0.6 is 11.6 Å². The Balaban J connectivity index is 0.000000921. The largest absolute Gasteiger partial charge is 0.400 e. The maximum absolute atomic E-state index is 10.6. The van der Waals surface area contributed by atoms with Crippen LogP contribution in [-0.4, -0.2) is 24.1 Å². The number of hydrogen-bond acceptors (Lipinski definition) is 3. The monoisotopic (exact) mass is 314 g/mol. The van der Waals surface area contributed by atoms with Gasteiger partial charge in [-0.3, -0.25) is 0 Å². The van der Waals surface area contributed by atoms with E-state index in [1.54, 1.807) is 0 Å². The van der Waals surface area contributed by atoms with Crippen molar-refractivity contribution in [3.63, 3.8) is 0 Å². The van der Waals surface area contributed by atoms with E-state index in [1.807, 2.05) is 25.8 Å². The summed E-state index contributed by atoms with van der Waals surface area (Å²) in [5, 5.41) is 18.3. The average Bonchev–Trinajstić information content (AvgIpc) is 2.50. The number of hydrogen-bond donors (Lipinski definition) is 2. The lowest BCUT2D eigenvalue weighted by Crippen LogP contribution is -2.28. The van der Waals surface area contributed by atoms with Crippen molar-refractivity contribution in [2.75, 3.05) is 7.11 Å². The van der Waals surface area contributed by atoms with Crippen molar-refractivity contribution in [3.05, 3.63) is 34.3 Å². The van der Waals surface area contributed by atoms with Gasteiger partial charge in [0.05, 0.1) is 6.10 Å². The van der Waals surface area contributed by atoms with Gasteiger partial charge >= 0.3 is 0 Å². The molecule has 1 atom stereocenters. The molecule has 0 heterocycles. The first-order valence-corrected chi connectivity index (χ1v) is 7.58. The molecule has 1 unspecified atom stereocenters. The smallest absolute Gasteiger partial charge is 0.106 e. The van der Waals surface area contributed by atoms with Crippen LogP contribution in [0.15, 0.2) is 18.2 Å². The van der Waals surface area contributed by atoms with Crippen LogP contribution in [0.3, 0.4) is 0 Å². The molecule has 0 radical (unpaired) electrons. The Labute approximate surface area is 133 Å². The summed E-state index contributed by atoms with van der Waals surface area (Å²) in [5.41, 5.74) is 2.11. The zero-order valence-corrected chi connectivity index (χ0v) is 14.0. The lowest BCUT2D eigenvalue weighted by molar-refractivity contribution is -0.0979. The number of rotatable bonds is 2. The van der Waals surface area contributed by atoms with E-state index >= 15 is 0 Å². The quantitative estimate of drug-likeness (QED) is 0.865. The van der Waals surface area contributed by atoms with Crippen molar-refractivity contribution in [1.29, 1.82) is 0 Å². The summed E-state index contributed by atoms with van der Waals surface area (Å²) >= 11 is 6.07. The van der Waals surface area contributed by atoms with Gasteiger partial charge in [0.15, 0.2) is 0 Å². The third kappa shape index (κ3) is 5.77. The molecule has 1 fully saturated rings. The molecular weight excluding hydrogens is 288 g/mol. The van der Waals surface area contributed by atoms with Crippen LogP contribution in [0.4, 0.5) is 0 Å². The summed E-state index contributed by atoms with van der Waals surface area (Å²) in [6.45, 7) is 6.22. The second-order valence-corrected chi connectivity index (χ2v) is 6.12. The highest BCUT2D eigenvalue weighted by atomic mass is 35.5. The van der Waals surface area contributed by atoms with E-state index in [2.05, 4.69) is 13.0 Å². The fraction of sp³-hybridized carbons (Fsp3) is 0.588. The maximum atomic E-state index is 10.6. The Morgan fingerprint density at radius 2 is 1.67 bits per heavy atom. The molecule has 4 heteroatoms. The molecule has 0 bridgehead atoms. The summed E-state index contributed by atoms with van der Waals surface area (Å²) < 4.78 is 0. The van der Waals surface area contributed by atoms with Crippen LogP contribution < -0.4 is 0 Å². The second-order valence-electron chi connectivity index (χ2n) is 5.68. The normalized spacial score (nSPS) is 17.6. The van der Waals surface area contributed by atoms with E-state index in [4.69, 9.17) is 21.5 Å². The molecule has 0 aliphatic heterocycles. The van der Waals surface area contributed by atoms with Gasteiger partial charge in [-0.25, -0.2) is 0 Å². The highest BCUT2D eigenvalue weighted by Gasteiger charge is 2.35. The van der Waals surface area contributed by atoms with E-state index in [0.29, 0.717) is 0 Å². The van der Waals surface area contributed by atoms with Gasteiger partial charge in [0, 0.05) is 12.1 Å². The van der Waals surface area contributed by atoms with Crippen molar-refractivity contribution >= 4 is 18.4 Å². The van der Waals surface area contributed by atoms with Crippen molar-refractivity contribution in [2.24, 2.45) is 5.41 Å². The minimum absolute atomic E-state index is 0.0232. The van der Waals surface area contributed by atoms with Gasteiger partial charge in [-0.1, -0.05) is 43.9 Å². The molecule has 120 valence electrons. The summed E-state index contributed by atoms with van der Waals surface area (Å²) in [4.78, 5) is 8.00. The van der Waals surface area contributed by atoms with Crippen LogP contribution in [0.2, 0.25) is 5.02 Å². The van der Waals surface area contributed by atoms with Gasteiger partial charge in [0.25, 0.3) is 0 Å². The molecule has 1 aliphatic carbocycles. The average molecular weight is 315 g/mol. The standard InChI is InChI=1S/C15H21ClO.CH4O.CH2O/c1-11-8-12(10-13(16)9-11)14(17)15(2)6-4-3-5-7-15;2*1-2/h8-10,14,17H,3-7H2,1-2H3;2H,1H3;1H2. The van der Waals surface area contributed by atoms with Gasteiger partial charge in [-0.2, -0.15) is 0 Å². The van der Waals surface area contributed by atoms with Crippen LogP contribution in [0.5, 0.6) is 0 Å². The topological polar surface area (TPSA) is 57.5 Å². The van der Waals surface area contributed by atoms with Gasteiger partial charge in [0.1, 0.15) is 6.79 Å². The number of benzene rings is 1. The van der Waals surface area contributed by atoms with Crippen LogP contribution in [0.25, 0.3) is 0 Å². The molecule has 2 rings (SSSR count). The Hall–Kier alpha value is -0.900. The Morgan fingerprint density at radius 3 is 2.14 bits per heavy atom. The molecule has 0 saturated heterocycles. The number of carbonyl (C=O) groups excluding carboxylic acids is 1. The number of aryl methyl sites for hydroxylation is 1. The third-order valence-corrected chi connectivity index (χ3v) is 4.25. The fourth-order valence-electron chi connectivity index (χ4n) is 2.96. The Bertz CT molecular complexity index is 394. The molecule has 0 spiro atoms. The van der Waals surface area contributed by atoms with Gasteiger partial charge in [-0.05, 0) is 48.4 Å². The van der Waals surface area contributed by atoms with Gasteiger partial charge in [0.2, 0.25) is 0 Å². The number of carbonyl (C=O) groups is 1. The third-order valence-electron chi connectivity index (χ3n) is 4.04. The molecular formula is C17H27ClO3. The Kier molecular flexibility index (Phi) is 9.51. The van der Waals surface area contributed by atoms with E-state index in [-0.39, 0.29) is 11.5 Å². The summed E-state index contributed by atoms with van der Waals surface area (Å²) in [6.07, 6.45) is 5.59. The summed E-state index contributed by atoms with van der Waals surface area (Å²) in [5.74, 6) is 0. The first-order valence-electron chi connectivity index (χ1n) is 7.20. The summed E-state index contributed by atoms with van der Waals surface area (Å²) in [6, 6.07) is 5.89. The first-order chi connectivity index (χ1) is 10.0. The lowest BCUT2D eigenvalue weighted by Gasteiger charge is -2.38. The highest BCUT2D eigenvalue weighted by molar-refractivity contribution is 6.30. The summed E-state index contributed by atoms with van der Waals surface area (Å²) in [7, 11) is 1.00. The number of halogens is 1. The second kappa shape index (κ2) is 9.93. The van der Waals surface area contributed by atoms with Crippen molar-refractivity contribution in [3.8, 4) is 0 Å². The van der Waals surface area contributed by atoms with Crippen molar-refractivity contribution in [1.82, 2.24) is 0 Å². The van der Waals surface area contributed by atoms with E-state index in [1.165, 1.54) is 19.3 Å². The predicted octanol–water partition coefficient (Wildman–Crippen LogP) is 4.08. The molecule has 21 heavy (non-hydrogen) atoms. The molecule has 3 nitrogen and oxygen atoms in total. The molecule has 2 N–H and O–H groups in total. The van der Waals surface area contributed by atoms with Gasteiger partial charge < -0.3 is 15.0 Å². The van der Waals surface area contributed by atoms with E-state index < -0.39 is 0 Å². The SMILES string of the molecule is C=O.CO.Cc1cc(Cl)cc(C(O)C2(C)CCCCC2)c1. The fourth-order valence-corrected chi connectivity index (χ4v) is 3.26. The molecule has 0 amide bonds. The van der Waals surface area contributed by atoms with Crippen LogP contribution in [0.1, 0.15) is 56.3 Å². The number of aliphatic hydroxyl groups is 2. The molecule has 1 aromatic carbocycles. The minimum atomic E-state index is -0.389. The van der Waals surface area contributed by atoms with E-state index in [0.717, 1.165) is 36.1 Å². The zero-order chi connectivity index (χ0) is 16.5. The van der Waals surface area contributed by atoms with Crippen molar-refractivity contribution in [2.45, 2.75) is 52.1 Å². The van der Waals surface area contributed by atoms with E-state index in [9.17, 15) is 5.11 Å². The predicted molar refractivity (Wildman–Crippen MR) is 87.6 cm³/mol. The lowest BCUT2D eigenvalue weighted by atomic mass is 9.70. The van der Waals surface area contributed by atoms with Gasteiger partial charge in [-0.15, -0.1) is 0 Å². The molecule has 1 aliphatic rings. The Morgan fingerprint density at radius 1 is 1.14 bits per heavy atom. The maximum Gasteiger partial charge on any atom is 0.106 e. The van der Waals surface area contributed by atoms with Crippen LogP contribution in [0, 0.1) is 12.3 Å². The van der Waals surface area contributed by atoms with Crippen LogP contribution in [-0.2, 0) is 4.79 Å².